The molecule has 0 heterocycles. The van der Waals surface area contributed by atoms with Crippen molar-refractivity contribution >= 4 is 0 Å². The fraction of sp³-hybridized carbons (Fsp3) is 0.333. The maximum absolute atomic E-state index is 5.11. The Hall–Kier alpha value is -0.980. The van der Waals surface area contributed by atoms with E-state index in [1.807, 2.05) is 18.2 Å². The van der Waals surface area contributed by atoms with Gasteiger partial charge in [-0.1, -0.05) is 37.6 Å². The first kappa shape index (κ1) is 9.02. The van der Waals surface area contributed by atoms with Crippen LogP contribution in [0, 0.1) is 0 Å². The van der Waals surface area contributed by atoms with Gasteiger partial charge in [0.2, 0.25) is 0 Å². The van der Waals surface area contributed by atoms with Crippen molar-refractivity contribution in [2.75, 3.05) is 0 Å². The molecule has 0 aromatic heterocycles. The average Bonchev–Trinajstić information content (AvgIpc) is 1.97. The number of hydrogen-bond donors (Lipinski definition) is 1. The first-order valence-corrected chi connectivity index (χ1v) is 3.62. The molecule has 10 heavy (non-hydrogen) atoms. The Morgan fingerprint density at radius 2 is 1.80 bits per heavy atom. The van der Waals surface area contributed by atoms with E-state index >= 15 is 0 Å². The van der Waals surface area contributed by atoms with Crippen molar-refractivity contribution in [1.82, 2.24) is 0 Å². The number of hydrogen-bond acceptors (Lipinski definition) is 1. The number of nitrogens with two attached hydrogens (primary N) is 1. The quantitative estimate of drug-likeness (QED) is 0.591. The predicted molar refractivity (Wildman–Crippen MR) is 46.5 cm³/mol. The number of rotatable bonds is 4. The van der Waals surface area contributed by atoms with E-state index in [1.165, 1.54) is 12.6 Å². The van der Waals surface area contributed by atoms with Crippen LogP contribution in [-0.4, -0.2) is 0 Å². The maximum Gasteiger partial charge on any atom is -0.00624 e. The van der Waals surface area contributed by atoms with Gasteiger partial charge in [-0.25, -0.2) is 0 Å². The highest BCUT2D eigenvalue weighted by Gasteiger charge is 1.67. The van der Waals surface area contributed by atoms with Crippen LogP contribution in [0.1, 0.15) is 19.8 Å². The van der Waals surface area contributed by atoms with Crippen LogP contribution in [0.2, 0.25) is 0 Å². The van der Waals surface area contributed by atoms with E-state index in [-0.39, 0.29) is 0 Å². The van der Waals surface area contributed by atoms with Gasteiger partial charge < -0.3 is 5.73 Å². The van der Waals surface area contributed by atoms with E-state index < -0.39 is 0 Å². The van der Waals surface area contributed by atoms with E-state index in [0.717, 1.165) is 6.42 Å². The second-order valence-electron chi connectivity index (χ2n) is 1.99. The van der Waals surface area contributed by atoms with E-state index in [9.17, 15) is 0 Å². The van der Waals surface area contributed by atoms with Gasteiger partial charge in [-0.05, 0) is 18.7 Å². The minimum atomic E-state index is 1.15. The van der Waals surface area contributed by atoms with Gasteiger partial charge >= 0.3 is 0 Å². The van der Waals surface area contributed by atoms with Crippen molar-refractivity contribution in [3.63, 3.8) is 0 Å². The first-order chi connectivity index (χ1) is 4.91. The summed E-state index contributed by atoms with van der Waals surface area (Å²) in [5.41, 5.74) is 5.11. The van der Waals surface area contributed by atoms with Crippen molar-refractivity contribution in [1.29, 1.82) is 0 Å². The minimum Gasteiger partial charge on any atom is -0.405 e. The number of allylic oxidation sites excluding steroid dienone is 5. The van der Waals surface area contributed by atoms with E-state index in [1.54, 1.807) is 6.08 Å². The third-order valence-electron chi connectivity index (χ3n) is 1.04. The molecule has 0 saturated heterocycles. The van der Waals surface area contributed by atoms with E-state index in [4.69, 9.17) is 5.73 Å². The molecule has 0 bridgehead atoms. The highest BCUT2D eigenvalue weighted by Crippen LogP contribution is 1.88. The Balaban J connectivity index is 3.32. The minimum absolute atomic E-state index is 1.15. The van der Waals surface area contributed by atoms with Gasteiger partial charge in [0.1, 0.15) is 0 Å². The molecule has 0 fully saturated rings. The molecule has 0 amide bonds. The summed E-state index contributed by atoms with van der Waals surface area (Å²) in [4.78, 5) is 0. The van der Waals surface area contributed by atoms with Crippen LogP contribution in [-0.2, 0) is 0 Å². The van der Waals surface area contributed by atoms with Crippen LogP contribution in [0.15, 0.2) is 36.6 Å². The Labute approximate surface area is 62.9 Å². The lowest BCUT2D eigenvalue weighted by Gasteiger charge is -1.79. The molecular weight excluding hydrogens is 122 g/mol. The molecule has 1 heteroatoms. The van der Waals surface area contributed by atoms with Gasteiger partial charge in [0, 0.05) is 0 Å². The summed E-state index contributed by atoms with van der Waals surface area (Å²) in [6, 6.07) is 0. The molecule has 0 unspecified atom stereocenters. The zero-order valence-corrected chi connectivity index (χ0v) is 6.46. The highest BCUT2D eigenvalue weighted by molar-refractivity contribution is 5.10. The normalized spacial score (nSPS) is 12.5. The molecule has 0 atom stereocenters. The molecule has 2 N–H and O–H groups in total. The van der Waals surface area contributed by atoms with Crippen molar-refractivity contribution in [3.05, 3.63) is 36.6 Å². The van der Waals surface area contributed by atoms with Crippen molar-refractivity contribution in [2.45, 2.75) is 19.8 Å². The van der Waals surface area contributed by atoms with Gasteiger partial charge in [0.25, 0.3) is 0 Å². The van der Waals surface area contributed by atoms with Crippen LogP contribution in [0.5, 0.6) is 0 Å². The van der Waals surface area contributed by atoms with Gasteiger partial charge in [-0.2, -0.15) is 0 Å². The van der Waals surface area contributed by atoms with E-state index in [0.29, 0.717) is 0 Å². The number of unbranched alkanes of at least 4 members (excludes halogenated alkanes) is 1. The van der Waals surface area contributed by atoms with Gasteiger partial charge in [0.15, 0.2) is 0 Å². The second-order valence-corrected chi connectivity index (χ2v) is 1.99. The molecule has 0 saturated carbocycles. The van der Waals surface area contributed by atoms with Crippen LogP contribution in [0.25, 0.3) is 0 Å². The molecule has 0 rings (SSSR count). The van der Waals surface area contributed by atoms with Crippen LogP contribution in [0.3, 0.4) is 0 Å². The summed E-state index contributed by atoms with van der Waals surface area (Å²) in [6.07, 6.45) is 13.7. The second kappa shape index (κ2) is 8.02. The molecule has 0 aliphatic carbocycles. The van der Waals surface area contributed by atoms with Crippen LogP contribution < -0.4 is 5.73 Å². The van der Waals surface area contributed by atoms with Gasteiger partial charge in [0.05, 0.1) is 0 Å². The third kappa shape index (κ3) is 7.02. The molecule has 56 valence electrons. The third-order valence-corrected chi connectivity index (χ3v) is 1.04. The molecular formula is C9H15N. The highest BCUT2D eigenvalue weighted by atomic mass is 14.5. The summed E-state index contributed by atoms with van der Waals surface area (Å²) in [5, 5.41) is 0. The summed E-state index contributed by atoms with van der Waals surface area (Å²) in [6.45, 7) is 2.16. The summed E-state index contributed by atoms with van der Waals surface area (Å²) in [5.74, 6) is 0. The molecule has 0 aliphatic heterocycles. The molecule has 0 aromatic carbocycles. The van der Waals surface area contributed by atoms with Crippen molar-refractivity contribution in [2.24, 2.45) is 5.73 Å². The lowest BCUT2D eigenvalue weighted by Crippen LogP contribution is -1.71. The van der Waals surface area contributed by atoms with Gasteiger partial charge in [-0.15, -0.1) is 0 Å². The fourth-order valence-corrected chi connectivity index (χ4v) is 0.534. The lowest BCUT2D eigenvalue weighted by molar-refractivity contribution is 0.959. The zero-order valence-electron chi connectivity index (χ0n) is 6.46. The Morgan fingerprint density at radius 1 is 1.10 bits per heavy atom. The largest absolute Gasteiger partial charge is 0.405 e. The Bertz CT molecular complexity index is 132. The van der Waals surface area contributed by atoms with Crippen molar-refractivity contribution < 1.29 is 0 Å². The Kier molecular flexibility index (Phi) is 7.23. The van der Waals surface area contributed by atoms with E-state index in [2.05, 4.69) is 13.0 Å². The Morgan fingerprint density at radius 3 is 2.40 bits per heavy atom. The topological polar surface area (TPSA) is 26.0 Å². The summed E-state index contributed by atoms with van der Waals surface area (Å²) in [7, 11) is 0. The summed E-state index contributed by atoms with van der Waals surface area (Å²) >= 11 is 0. The van der Waals surface area contributed by atoms with Crippen LogP contribution >= 0.6 is 0 Å². The fourth-order valence-electron chi connectivity index (χ4n) is 0.534. The molecule has 1 nitrogen and oxygen atoms in total. The predicted octanol–water partition coefficient (Wildman–Crippen LogP) is 2.37. The van der Waals surface area contributed by atoms with Crippen LogP contribution in [0.4, 0.5) is 0 Å². The SMILES string of the molecule is CCC/C=C/C=C/C=C/N. The summed E-state index contributed by atoms with van der Waals surface area (Å²) < 4.78 is 0. The lowest BCUT2D eigenvalue weighted by atomic mass is 10.3. The standard InChI is InChI=1S/C9H15N/c1-2-3-4-5-6-7-8-9-10/h4-9H,2-3,10H2,1H3/b5-4+,7-6+,9-8+. The van der Waals surface area contributed by atoms with Gasteiger partial charge in [-0.3, -0.25) is 0 Å². The zero-order chi connectivity index (χ0) is 7.66. The molecule has 0 spiro atoms. The molecule has 0 radical (unpaired) electrons. The maximum atomic E-state index is 5.11. The smallest absolute Gasteiger partial charge is 0.00624 e. The average molecular weight is 137 g/mol. The molecule has 0 aromatic rings. The monoisotopic (exact) mass is 137 g/mol. The first-order valence-electron chi connectivity index (χ1n) is 3.62. The molecule has 0 aliphatic rings. The van der Waals surface area contributed by atoms with Crippen molar-refractivity contribution in [3.8, 4) is 0 Å².